The van der Waals surface area contributed by atoms with Crippen molar-refractivity contribution >= 4 is 45.5 Å². The van der Waals surface area contributed by atoms with E-state index in [0.717, 1.165) is 29.1 Å². The number of amides is 1. The third kappa shape index (κ3) is 5.43. The summed E-state index contributed by atoms with van der Waals surface area (Å²) in [6, 6.07) is 8.41. The minimum atomic E-state index is -0.125. The molecule has 0 saturated heterocycles. The highest BCUT2D eigenvalue weighted by molar-refractivity contribution is 7.99. The van der Waals surface area contributed by atoms with Gasteiger partial charge >= 0.3 is 0 Å². The Kier molecular flexibility index (Phi) is 7.42. The highest BCUT2D eigenvalue weighted by atomic mass is 32.2. The maximum atomic E-state index is 12.6. The molecule has 4 rings (SSSR count). The van der Waals surface area contributed by atoms with Crippen molar-refractivity contribution < 1.29 is 4.79 Å². The average Bonchev–Trinajstić information content (AvgIpc) is 3.54. The highest BCUT2D eigenvalue weighted by Gasteiger charge is 2.17. The molecule has 3 aromatic heterocycles. The number of benzene rings is 1. The van der Waals surface area contributed by atoms with E-state index >= 15 is 0 Å². The van der Waals surface area contributed by atoms with Crippen LogP contribution in [0.5, 0.6) is 0 Å². The van der Waals surface area contributed by atoms with Gasteiger partial charge in [0.1, 0.15) is 0 Å². The van der Waals surface area contributed by atoms with Gasteiger partial charge in [0.25, 0.3) is 0 Å². The van der Waals surface area contributed by atoms with Gasteiger partial charge in [0.05, 0.1) is 11.4 Å². The van der Waals surface area contributed by atoms with Crippen LogP contribution in [-0.2, 0) is 17.8 Å². The Morgan fingerprint density at radius 2 is 2.00 bits per heavy atom. The van der Waals surface area contributed by atoms with Crippen molar-refractivity contribution in [3.8, 4) is 22.6 Å². The molecule has 0 radical (unpaired) electrons. The van der Waals surface area contributed by atoms with E-state index in [9.17, 15) is 4.79 Å². The SMILES string of the molecule is C=CCn1c(SCC(=O)Nc2nc(-c3ccc(C)c(C)c3)cs2)nnc1-c1csc(CC)c1. The lowest BCUT2D eigenvalue weighted by atomic mass is 10.1. The first-order valence-corrected chi connectivity index (χ1v) is 13.3. The van der Waals surface area contributed by atoms with Crippen molar-refractivity contribution in [3.05, 3.63) is 63.7 Å². The number of hydrogen-bond donors (Lipinski definition) is 1. The van der Waals surface area contributed by atoms with Gasteiger partial charge in [-0.1, -0.05) is 36.9 Å². The lowest BCUT2D eigenvalue weighted by Gasteiger charge is -2.06. The number of carbonyl (C=O) groups excluding carboxylic acids is 1. The number of nitrogens with one attached hydrogen (secondary N) is 1. The van der Waals surface area contributed by atoms with Gasteiger partial charge < -0.3 is 5.32 Å². The molecule has 1 N–H and O–H groups in total. The molecule has 0 aliphatic rings. The summed E-state index contributed by atoms with van der Waals surface area (Å²) in [4.78, 5) is 18.5. The van der Waals surface area contributed by atoms with Crippen LogP contribution in [0.15, 0.2) is 52.8 Å². The smallest absolute Gasteiger partial charge is 0.236 e. The summed E-state index contributed by atoms with van der Waals surface area (Å²) in [5.74, 6) is 0.892. The Labute approximate surface area is 205 Å². The zero-order valence-electron chi connectivity index (χ0n) is 18.8. The third-order valence-corrected chi connectivity index (χ3v) is 7.98. The Balaban J connectivity index is 1.41. The van der Waals surface area contributed by atoms with Gasteiger partial charge in [-0.05, 0) is 43.5 Å². The Bertz CT molecular complexity index is 1290. The van der Waals surface area contributed by atoms with Crippen LogP contribution >= 0.6 is 34.4 Å². The number of carbonyl (C=O) groups is 1. The highest BCUT2D eigenvalue weighted by Crippen LogP contribution is 2.29. The first-order chi connectivity index (χ1) is 16.0. The molecule has 0 atom stereocenters. The lowest BCUT2D eigenvalue weighted by Crippen LogP contribution is -2.14. The summed E-state index contributed by atoms with van der Waals surface area (Å²) in [6.45, 7) is 10.7. The summed E-state index contributed by atoms with van der Waals surface area (Å²) >= 11 is 4.50. The van der Waals surface area contributed by atoms with Gasteiger partial charge in [0.2, 0.25) is 5.91 Å². The quantitative estimate of drug-likeness (QED) is 0.220. The Morgan fingerprint density at radius 1 is 1.15 bits per heavy atom. The molecule has 0 aliphatic heterocycles. The summed E-state index contributed by atoms with van der Waals surface area (Å²) in [5.41, 5.74) is 5.43. The molecule has 9 heteroatoms. The Hall–Kier alpha value is -2.75. The van der Waals surface area contributed by atoms with Crippen molar-refractivity contribution in [1.82, 2.24) is 19.7 Å². The van der Waals surface area contributed by atoms with Gasteiger partial charge in [-0.25, -0.2) is 4.98 Å². The van der Waals surface area contributed by atoms with Crippen LogP contribution in [0, 0.1) is 13.8 Å². The number of thioether (sulfide) groups is 1. The number of thiazole rings is 1. The molecule has 33 heavy (non-hydrogen) atoms. The third-order valence-electron chi connectivity index (χ3n) is 5.17. The van der Waals surface area contributed by atoms with E-state index in [1.165, 1.54) is 39.1 Å². The van der Waals surface area contributed by atoms with E-state index < -0.39 is 0 Å². The number of hydrogen-bond acceptors (Lipinski definition) is 7. The first-order valence-electron chi connectivity index (χ1n) is 10.6. The van der Waals surface area contributed by atoms with Crippen molar-refractivity contribution in [2.75, 3.05) is 11.1 Å². The van der Waals surface area contributed by atoms with Gasteiger partial charge in [0.15, 0.2) is 16.1 Å². The molecular weight excluding hydrogens is 470 g/mol. The van der Waals surface area contributed by atoms with Gasteiger partial charge in [-0.2, -0.15) is 0 Å². The molecule has 170 valence electrons. The second-order valence-electron chi connectivity index (χ2n) is 7.53. The fraction of sp³-hybridized carbons (Fsp3) is 0.250. The fourth-order valence-corrected chi connectivity index (χ4v) is 5.53. The molecule has 0 saturated carbocycles. The maximum Gasteiger partial charge on any atom is 0.236 e. The van der Waals surface area contributed by atoms with Gasteiger partial charge in [0, 0.05) is 33.3 Å². The van der Waals surface area contributed by atoms with Crippen LogP contribution in [0.3, 0.4) is 0 Å². The fourth-order valence-electron chi connectivity index (χ4n) is 3.24. The summed E-state index contributed by atoms with van der Waals surface area (Å²) < 4.78 is 1.99. The molecule has 4 aromatic rings. The second-order valence-corrected chi connectivity index (χ2v) is 10.3. The zero-order chi connectivity index (χ0) is 23.4. The molecule has 1 aromatic carbocycles. The summed E-state index contributed by atoms with van der Waals surface area (Å²) in [7, 11) is 0. The number of aromatic nitrogens is 4. The summed E-state index contributed by atoms with van der Waals surface area (Å²) in [5, 5.41) is 16.9. The topological polar surface area (TPSA) is 72.7 Å². The van der Waals surface area contributed by atoms with E-state index in [4.69, 9.17) is 0 Å². The Morgan fingerprint density at radius 3 is 2.73 bits per heavy atom. The molecule has 3 heterocycles. The molecule has 6 nitrogen and oxygen atoms in total. The van der Waals surface area contributed by atoms with Crippen LogP contribution in [0.4, 0.5) is 5.13 Å². The second kappa shape index (κ2) is 10.5. The van der Waals surface area contributed by atoms with Crippen LogP contribution in [0.25, 0.3) is 22.6 Å². The van der Waals surface area contributed by atoms with Crippen molar-refractivity contribution in [2.24, 2.45) is 0 Å². The van der Waals surface area contributed by atoms with Gasteiger partial charge in [-0.15, -0.1) is 39.4 Å². The molecule has 0 unspecified atom stereocenters. The van der Waals surface area contributed by atoms with Crippen LogP contribution < -0.4 is 5.32 Å². The minimum Gasteiger partial charge on any atom is -0.301 e. The van der Waals surface area contributed by atoms with E-state index in [2.05, 4.69) is 77.5 Å². The number of allylic oxidation sites excluding steroid dienone is 1. The van der Waals surface area contributed by atoms with Crippen LogP contribution in [0.1, 0.15) is 22.9 Å². The number of thiophene rings is 1. The van der Waals surface area contributed by atoms with Crippen molar-refractivity contribution in [2.45, 2.75) is 38.9 Å². The minimum absolute atomic E-state index is 0.125. The predicted molar refractivity (Wildman–Crippen MR) is 139 cm³/mol. The predicted octanol–water partition coefficient (Wildman–Crippen LogP) is 6.23. The average molecular weight is 496 g/mol. The number of rotatable bonds is 9. The van der Waals surface area contributed by atoms with E-state index in [-0.39, 0.29) is 11.7 Å². The molecule has 0 aliphatic carbocycles. The van der Waals surface area contributed by atoms with E-state index in [1.807, 2.05) is 16.0 Å². The van der Waals surface area contributed by atoms with Crippen LogP contribution in [0.2, 0.25) is 0 Å². The molecule has 0 bridgehead atoms. The van der Waals surface area contributed by atoms with E-state index in [0.29, 0.717) is 16.8 Å². The standard InChI is InChI=1S/C24H25N5OS3/c1-5-9-29-22(18-11-19(6-2)31-12-18)27-28-24(29)33-14-21(30)26-23-25-20(13-32-23)17-8-7-15(3)16(4)10-17/h5,7-8,10-13H,1,6,9,14H2,2-4H3,(H,25,26,30). The van der Waals surface area contributed by atoms with Crippen LogP contribution in [-0.4, -0.2) is 31.4 Å². The van der Waals surface area contributed by atoms with Crippen molar-refractivity contribution in [1.29, 1.82) is 0 Å². The molecule has 0 spiro atoms. The normalized spacial score (nSPS) is 11.0. The first kappa shape index (κ1) is 23.4. The van der Waals surface area contributed by atoms with E-state index in [1.54, 1.807) is 11.3 Å². The summed E-state index contributed by atoms with van der Waals surface area (Å²) in [6.07, 6.45) is 2.80. The van der Waals surface area contributed by atoms with Crippen molar-refractivity contribution in [3.63, 3.8) is 0 Å². The number of aryl methyl sites for hydroxylation is 3. The monoisotopic (exact) mass is 495 g/mol. The zero-order valence-corrected chi connectivity index (χ0v) is 21.2. The number of anilines is 1. The maximum absolute atomic E-state index is 12.6. The molecule has 0 fully saturated rings. The molecular formula is C24H25N5OS3. The largest absolute Gasteiger partial charge is 0.301 e. The number of nitrogens with zero attached hydrogens (tertiary/aromatic N) is 4. The lowest BCUT2D eigenvalue weighted by molar-refractivity contribution is -0.113. The van der Waals surface area contributed by atoms with Gasteiger partial charge in [-0.3, -0.25) is 9.36 Å². The molecule has 1 amide bonds.